The van der Waals surface area contributed by atoms with Crippen LogP contribution in [0.15, 0.2) is 48.5 Å². The van der Waals surface area contributed by atoms with Gasteiger partial charge < -0.3 is 10.2 Å². The number of nitrogens with one attached hydrogen (secondary N) is 1. The minimum Gasteiger partial charge on any atom is -0.336 e. The van der Waals surface area contributed by atoms with E-state index in [1.807, 2.05) is 29.2 Å². The molecule has 1 fully saturated rings. The van der Waals surface area contributed by atoms with E-state index in [-0.39, 0.29) is 11.8 Å². The van der Waals surface area contributed by atoms with E-state index < -0.39 is 0 Å². The first-order valence-electron chi connectivity index (χ1n) is 9.21. The van der Waals surface area contributed by atoms with Crippen LogP contribution in [0.4, 0.5) is 5.69 Å². The topological polar surface area (TPSA) is 52.7 Å². The summed E-state index contributed by atoms with van der Waals surface area (Å²) in [5.74, 6) is -0.0129. The van der Waals surface area contributed by atoms with Crippen molar-refractivity contribution >= 4 is 29.1 Å². The summed E-state index contributed by atoms with van der Waals surface area (Å²) >= 11 is 5.88. The minimum absolute atomic E-state index is 0.00708. The molecule has 1 heterocycles. The number of benzene rings is 2. The molecule has 3 rings (SSSR count). The van der Waals surface area contributed by atoms with Gasteiger partial charge in [0.05, 0.1) is 6.54 Å². The van der Waals surface area contributed by atoms with E-state index in [9.17, 15) is 9.59 Å². The highest BCUT2D eigenvalue weighted by Gasteiger charge is 2.23. The molecule has 2 amide bonds. The van der Waals surface area contributed by atoms with Crippen molar-refractivity contribution in [2.45, 2.75) is 13.3 Å². The molecule has 2 aromatic carbocycles. The molecule has 0 aliphatic carbocycles. The summed E-state index contributed by atoms with van der Waals surface area (Å²) in [4.78, 5) is 28.8. The van der Waals surface area contributed by atoms with Crippen LogP contribution in [0, 0.1) is 0 Å². The van der Waals surface area contributed by atoms with Crippen LogP contribution in [0.25, 0.3) is 0 Å². The van der Waals surface area contributed by atoms with E-state index in [1.165, 1.54) is 0 Å². The first-order valence-corrected chi connectivity index (χ1v) is 9.59. The van der Waals surface area contributed by atoms with E-state index in [0.717, 1.165) is 17.7 Å². The third-order valence-electron chi connectivity index (χ3n) is 4.79. The predicted octanol–water partition coefficient (Wildman–Crippen LogP) is 3.30. The first kappa shape index (κ1) is 19.4. The van der Waals surface area contributed by atoms with Crippen molar-refractivity contribution in [1.29, 1.82) is 0 Å². The second kappa shape index (κ2) is 9.02. The lowest BCUT2D eigenvalue weighted by atomic mass is 10.1. The van der Waals surface area contributed by atoms with E-state index in [2.05, 4.69) is 17.1 Å². The molecule has 0 saturated carbocycles. The molecule has 0 unspecified atom stereocenters. The second-order valence-corrected chi connectivity index (χ2v) is 7.07. The van der Waals surface area contributed by atoms with Crippen molar-refractivity contribution in [3.8, 4) is 0 Å². The van der Waals surface area contributed by atoms with Gasteiger partial charge in [-0.15, -0.1) is 0 Å². The molecule has 0 bridgehead atoms. The van der Waals surface area contributed by atoms with E-state index in [0.29, 0.717) is 43.3 Å². The number of para-hydroxylation sites is 1. The molecule has 0 atom stereocenters. The highest BCUT2D eigenvalue weighted by molar-refractivity contribution is 6.30. The molecular formula is C21H24ClN3O2. The molecule has 0 aromatic heterocycles. The Morgan fingerprint density at radius 2 is 1.67 bits per heavy atom. The van der Waals surface area contributed by atoms with Gasteiger partial charge in [-0.25, -0.2) is 0 Å². The van der Waals surface area contributed by atoms with Gasteiger partial charge in [-0.1, -0.05) is 36.7 Å². The Balaban J connectivity index is 1.49. The van der Waals surface area contributed by atoms with Crippen molar-refractivity contribution in [3.05, 3.63) is 64.7 Å². The SMILES string of the molecule is CCc1ccccc1NC(=O)CN1CCN(C(=O)c2ccc(Cl)cc2)CC1. The van der Waals surface area contributed by atoms with Crippen LogP contribution in [0.2, 0.25) is 5.02 Å². The van der Waals surface area contributed by atoms with Gasteiger partial charge in [0, 0.05) is 42.5 Å². The van der Waals surface area contributed by atoms with E-state index >= 15 is 0 Å². The number of hydrogen-bond donors (Lipinski definition) is 1. The number of rotatable bonds is 5. The molecule has 6 heteroatoms. The largest absolute Gasteiger partial charge is 0.336 e. The number of halogens is 1. The van der Waals surface area contributed by atoms with Gasteiger partial charge in [-0.3, -0.25) is 14.5 Å². The fourth-order valence-corrected chi connectivity index (χ4v) is 3.35. The second-order valence-electron chi connectivity index (χ2n) is 6.63. The maximum Gasteiger partial charge on any atom is 0.253 e. The summed E-state index contributed by atoms with van der Waals surface area (Å²) in [5.41, 5.74) is 2.65. The van der Waals surface area contributed by atoms with Crippen LogP contribution >= 0.6 is 11.6 Å². The van der Waals surface area contributed by atoms with Crippen molar-refractivity contribution in [2.24, 2.45) is 0 Å². The molecule has 27 heavy (non-hydrogen) atoms. The predicted molar refractivity (Wildman–Crippen MR) is 108 cm³/mol. The summed E-state index contributed by atoms with van der Waals surface area (Å²) in [6.45, 7) is 4.99. The van der Waals surface area contributed by atoms with Crippen molar-refractivity contribution in [1.82, 2.24) is 9.80 Å². The van der Waals surface area contributed by atoms with Crippen LogP contribution in [-0.4, -0.2) is 54.3 Å². The molecule has 5 nitrogen and oxygen atoms in total. The molecule has 0 spiro atoms. The van der Waals surface area contributed by atoms with E-state index in [1.54, 1.807) is 24.3 Å². The number of anilines is 1. The maximum absolute atomic E-state index is 12.5. The molecule has 1 N–H and O–H groups in total. The average molecular weight is 386 g/mol. The number of nitrogens with zero attached hydrogens (tertiary/aromatic N) is 2. The number of carbonyl (C=O) groups is 2. The highest BCUT2D eigenvalue weighted by atomic mass is 35.5. The quantitative estimate of drug-likeness (QED) is 0.859. The zero-order chi connectivity index (χ0) is 19.2. The number of carbonyl (C=O) groups excluding carboxylic acids is 2. The third kappa shape index (κ3) is 5.08. The van der Waals surface area contributed by atoms with Crippen LogP contribution < -0.4 is 5.32 Å². The summed E-state index contributed by atoms with van der Waals surface area (Å²) < 4.78 is 0. The molecule has 142 valence electrons. The molecule has 0 radical (unpaired) electrons. The average Bonchev–Trinajstić information content (AvgIpc) is 2.69. The van der Waals surface area contributed by atoms with Crippen LogP contribution in [-0.2, 0) is 11.2 Å². The van der Waals surface area contributed by atoms with Crippen LogP contribution in [0.3, 0.4) is 0 Å². The molecule has 1 saturated heterocycles. The first-order chi connectivity index (χ1) is 13.1. The maximum atomic E-state index is 12.5. The Morgan fingerprint density at radius 1 is 1.00 bits per heavy atom. The van der Waals surface area contributed by atoms with Crippen molar-refractivity contribution in [2.75, 3.05) is 38.0 Å². The zero-order valence-electron chi connectivity index (χ0n) is 15.5. The van der Waals surface area contributed by atoms with Gasteiger partial charge in [0.2, 0.25) is 5.91 Å². The minimum atomic E-state index is -0.0200. The van der Waals surface area contributed by atoms with Gasteiger partial charge in [-0.05, 0) is 42.3 Å². The van der Waals surface area contributed by atoms with Gasteiger partial charge in [-0.2, -0.15) is 0 Å². The Hall–Kier alpha value is -2.37. The van der Waals surface area contributed by atoms with Gasteiger partial charge in [0.1, 0.15) is 0 Å². The lowest BCUT2D eigenvalue weighted by Gasteiger charge is -2.34. The Kier molecular flexibility index (Phi) is 6.48. The lowest BCUT2D eigenvalue weighted by molar-refractivity contribution is -0.117. The number of amides is 2. The summed E-state index contributed by atoms with van der Waals surface area (Å²) in [7, 11) is 0. The number of piperazine rings is 1. The van der Waals surface area contributed by atoms with Gasteiger partial charge >= 0.3 is 0 Å². The molecule has 1 aliphatic rings. The Labute approximate surface area is 164 Å². The van der Waals surface area contributed by atoms with Gasteiger partial charge in [0.25, 0.3) is 5.91 Å². The van der Waals surface area contributed by atoms with Crippen LogP contribution in [0.1, 0.15) is 22.8 Å². The zero-order valence-corrected chi connectivity index (χ0v) is 16.2. The third-order valence-corrected chi connectivity index (χ3v) is 5.04. The lowest BCUT2D eigenvalue weighted by Crippen LogP contribution is -2.50. The molecular weight excluding hydrogens is 362 g/mol. The van der Waals surface area contributed by atoms with E-state index in [4.69, 9.17) is 11.6 Å². The highest BCUT2D eigenvalue weighted by Crippen LogP contribution is 2.16. The summed E-state index contributed by atoms with van der Waals surface area (Å²) in [5, 5.41) is 3.62. The fourth-order valence-electron chi connectivity index (χ4n) is 3.23. The normalized spacial score (nSPS) is 14.8. The fraction of sp³-hybridized carbons (Fsp3) is 0.333. The summed E-state index contributed by atoms with van der Waals surface area (Å²) in [6.07, 6.45) is 0.877. The van der Waals surface area contributed by atoms with Crippen molar-refractivity contribution < 1.29 is 9.59 Å². The van der Waals surface area contributed by atoms with Gasteiger partial charge in [0.15, 0.2) is 0 Å². The number of hydrogen-bond acceptors (Lipinski definition) is 3. The monoisotopic (exact) mass is 385 g/mol. The van der Waals surface area contributed by atoms with Crippen molar-refractivity contribution in [3.63, 3.8) is 0 Å². The number of aryl methyl sites for hydroxylation is 1. The van der Waals surface area contributed by atoms with Crippen LogP contribution in [0.5, 0.6) is 0 Å². The molecule has 2 aromatic rings. The summed E-state index contributed by atoms with van der Waals surface area (Å²) in [6, 6.07) is 14.8. The smallest absolute Gasteiger partial charge is 0.253 e. The molecule has 1 aliphatic heterocycles. The Bertz CT molecular complexity index is 799. The Morgan fingerprint density at radius 3 is 2.33 bits per heavy atom. The standard InChI is InChI=1S/C21H24ClN3O2/c1-2-16-5-3-4-6-19(16)23-20(26)15-24-11-13-25(14-12-24)21(27)17-7-9-18(22)10-8-17/h3-10H,2,11-15H2,1H3,(H,23,26).